The van der Waals surface area contributed by atoms with Gasteiger partial charge in [-0.2, -0.15) is 0 Å². The second-order valence-electron chi connectivity index (χ2n) is 6.18. The minimum absolute atomic E-state index is 0.310. The number of ether oxygens (including phenoxy) is 1. The second kappa shape index (κ2) is 6.69. The fourth-order valence-electron chi connectivity index (χ4n) is 3.12. The molecule has 1 fully saturated rings. The van der Waals surface area contributed by atoms with Gasteiger partial charge < -0.3 is 20.1 Å². The van der Waals surface area contributed by atoms with E-state index in [9.17, 15) is 19.7 Å². The molecular weight excluding hydrogens is 343 g/mol. The lowest BCUT2D eigenvalue weighted by molar-refractivity contribution is -0.0511. The van der Waals surface area contributed by atoms with Crippen LogP contribution in [0.15, 0.2) is 36.9 Å². The first-order valence-electron chi connectivity index (χ1n) is 8.12. The number of aliphatic hydroxyl groups is 3. The molecule has 2 aromatic heterocycles. The highest BCUT2D eigenvalue weighted by Gasteiger charge is 2.43. The Bertz CT molecular complexity index is 917. The Morgan fingerprint density at radius 2 is 1.85 bits per heavy atom. The first-order valence-corrected chi connectivity index (χ1v) is 8.12. The van der Waals surface area contributed by atoms with Crippen molar-refractivity contribution in [3.8, 4) is 0 Å². The zero-order chi connectivity index (χ0) is 18.3. The summed E-state index contributed by atoms with van der Waals surface area (Å²) < 4.78 is 20.1. The van der Waals surface area contributed by atoms with Crippen LogP contribution in [0.4, 0.5) is 4.39 Å². The number of imidazole rings is 1. The van der Waals surface area contributed by atoms with Gasteiger partial charge in [-0.3, -0.25) is 4.57 Å². The average Bonchev–Trinajstić information content (AvgIpc) is 3.19. The molecule has 0 aliphatic carbocycles. The monoisotopic (exact) mass is 360 g/mol. The third-order valence-electron chi connectivity index (χ3n) is 4.51. The summed E-state index contributed by atoms with van der Waals surface area (Å²) in [6.45, 7) is -0.411. The Morgan fingerprint density at radius 3 is 2.54 bits per heavy atom. The Hall–Kier alpha value is -2.46. The van der Waals surface area contributed by atoms with E-state index in [-0.39, 0.29) is 5.82 Å². The van der Waals surface area contributed by atoms with Crippen LogP contribution >= 0.6 is 0 Å². The lowest BCUT2D eigenvalue weighted by atomic mass is 10.1. The summed E-state index contributed by atoms with van der Waals surface area (Å²) in [6.07, 6.45) is -0.961. The van der Waals surface area contributed by atoms with Crippen molar-refractivity contribution in [2.24, 2.45) is 0 Å². The largest absolute Gasteiger partial charge is 0.394 e. The van der Waals surface area contributed by atoms with Crippen molar-refractivity contribution < 1.29 is 24.4 Å². The summed E-state index contributed by atoms with van der Waals surface area (Å²) in [5.74, 6) is -0.310. The number of nitrogens with zero attached hydrogens (tertiary/aromatic N) is 4. The molecule has 1 aromatic carbocycles. The van der Waals surface area contributed by atoms with Gasteiger partial charge in [-0.1, -0.05) is 12.1 Å². The average molecular weight is 360 g/mol. The van der Waals surface area contributed by atoms with Crippen LogP contribution in [0, 0.1) is 5.82 Å². The maximum absolute atomic E-state index is 13.1. The minimum Gasteiger partial charge on any atom is -0.394 e. The third-order valence-corrected chi connectivity index (χ3v) is 4.51. The summed E-state index contributed by atoms with van der Waals surface area (Å²) in [7, 11) is 0. The second-order valence-corrected chi connectivity index (χ2v) is 6.18. The number of benzene rings is 1. The van der Waals surface area contributed by atoms with Gasteiger partial charge in [-0.25, -0.2) is 19.3 Å². The number of hydrogen-bond acceptors (Lipinski definition) is 7. The van der Waals surface area contributed by atoms with Gasteiger partial charge in [0.2, 0.25) is 0 Å². The van der Waals surface area contributed by atoms with Gasteiger partial charge in [-0.05, 0) is 17.7 Å². The molecule has 0 radical (unpaired) electrons. The van der Waals surface area contributed by atoms with Crippen LogP contribution in [0.1, 0.15) is 17.5 Å². The van der Waals surface area contributed by atoms with Gasteiger partial charge >= 0.3 is 0 Å². The van der Waals surface area contributed by atoms with E-state index in [1.54, 1.807) is 12.1 Å². The van der Waals surface area contributed by atoms with E-state index in [0.717, 1.165) is 5.56 Å². The van der Waals surface area contributed by atoms with Crippen molar-refractivity contribution in [1.82, 2.24) is 19.5 Å². The summed E-state index contributed by atoms with van der Waals surface area (Å²) in [5, 5.41) is 29.4. The van der Waals surface area contributed by atoms with Crippen LogP contribution in [-0.2, 0) is 11.2 Å². The Labute approximate surface area is 147 Å². The fraction of sp³-hybridized carbons (Fsp3) is 0.353. The molecule has 3 aromatic rings. The maximum atomic E-state index is 13.1. The SMILES string of the molecule is OC[C@H]1O[C@@H](n2cnc3c(Cc4ccc(F)cc4)ncnc32)[C@H](O)[C@@H]1O. The molecule has 1 aliphatic heterocycles. The van der Waals surface area contributed by atoms with E-state index in [2.05, 4.69) is 15.0 Å². The predicted molar refractivity (Wildman–Crippen MR) is 87.5 cm³/mol. The first-order chi connectivity index (χ1) is 12.6. The highest BCUT2D eigenvalue weighted by molar-refractivity contribution is 5.73. The number of hydrogen-bond donors (Lipinski definition) is 3. The molecule has 26 heavy (non-hydrogen) atoms. The fourth-order valence-corrected chi connectivity index (χ4v) is 3.12. The number of fused-ring (bicyclic) bond motifs is 1. The standard InChI is InChI=1S/C17H17FN4O4/c18-10-3-1-9(2-4-10)5-11-13-16(20-7-19-11)22(8-21-13)17-15(25)14(24)12(6-23)26-17/h1-4,7-8,12,14-15,17,23-25H,5-6H2/t12-,14-,15-,17-/m1/s1. The molecule has 1 saturated heterocycles. The molecule has 1 aliphatic rings. The molecule has 0 bridgehead atoms. The van der Waals surface area contributed by atoms with Crippen LogP contribution in [0.2, 0.25) is 0 Å². The van der Waals surface area contributed by atoms with E-state index in [1.807, 2.05) is 0 Å². The van der Waals surface area contributed by atoms with Crippen LogP contribution in [-0.4, -0.2) is 59.8 Å². The van der Waals surface area contributed by atoms with Gasteiger partial charge in [-0.15, -0.1) is 0 Å². The summed E-state index contributed by atoms with van der Waals surface area (Å²) >= 11 is 0. The molecule has 8 nitrogen and oxygen atoms in total. The lowest BCUT2D eigenvalue weighted by Crippen LogP contribution is -2.33. The molecule has 136 valence electrons. The van der Waals surface area contributed by atoms with E-state index < -0.39 is 31.1 Å². The van der Waals surface area contributed by atoms with Gasteiger partial charge in [0.15, 0.2) is 11.9 Å². The zero-order valence-corrected chi connectivity index (χ0v) is 13.6. The smallest absolute Gasteiger partial charge is 0.165 e. The minimum atomic E-state index is -1.22. The van der Waals surface area contributed by atoms with Crippen LogP contribution in [0.5, 0.6) is 0 Å². The third kappa shape index (κ3) is 2.84. The highest BCUT2D eigenvalue weighted by atomic mass is 19.1. The summed E-state index contributed by atoms with van der Waals surface area (Å²) in [4.78, 5) is 12.8. The van der Waals surface area contributed by atoms with E-state index in [4.69, 9.17) is 4.74 Å². The van der Waals surface area contributed by atoms with Crippen LogP contribution < -0.4 is 0 Å². The van der Waals surface area contributed by atoms with Crippen LogP contribution in [0.3, 0.4) is 0 Å². The number of rotatable bonds is 4. The van der Waals surface area contributed by atoms with Gasteiger partial charge in [0, 0.05) is 6.42 Å². The Morgan fingerprint density at radius 1 is 1.08 bits per heavy atom. The molecule has 4 atom stereocenters. The molecule has 3 heterocycles. The van der Waals surface area contributed by atoms with E-state index >= 15 is 0 Å². The molecule has 0 unspecified atom stereocenters. The highest BCUT2D eigenvalue weighted by Crippen LogP contribution is 2.31. The first kappa shape index (κ1) is 17.0. The number of aromatic nitrogens is 4. The van der Waals surface area contributed by atoms with Gasteiger partial charge in [0.05, 0.1) is 18.6 Å². The molecule has 0 spiro atoms. The quantitative estimate of drug-likeness (QED) is 0.608. The maximum Gasteiger partial charge on any atom is 0.165 e. The lowest BCUT2D eigenvalue weighted by Gasteiger charge is -2.16. The van der Waals surface area contributed by atoms with Crippen molar-refractivity contribution in [3.05, 3.63) is 54.0 Å². The Kier molecular flexibility index (Phi) is 4.37. The Balaban J connectivity index is 1.68. The topological polar surface area (TPSA) is 114 Å². The van der Waals surface area contributed by atoms with Gasteiger partial charge in [0.25, 0.3) is 0 Å². The van der Waals surface area contributed by atoms with E-state index in [0.29, 0.717) is 23.3 Å². The van der Waals surface area contributed by atoms with Crippen molar-refractivity contribution in [3.63, 3.8) is 0 Å². The molecule has 9 heteroatoms. The van der Waals surface area contributed by atoms with E-state index in [1.165, 1.54) is 29.4 Å². The van der Waals surface area contributed by atoms with Crippen molar-refractivity contribution in [1.29, 1.82) is 0 Å². The number of halogens is 1. The number of aliphatic hydroxyl groups excluding tert-OH is 3. The molecule has 0 amide bonds. The molecule has 3 N–H and O–H groups in total. The molecule has 4 rings (SSSR count). The van der Waals surface area contributed by atoms with Gasteiger partial charge in [0.1, 0.15) is 36.0 Å². The van der Waals surface area contributed by atoms with Crippen LogP contribution in [0.25, 0.3) is 11.2 Å². The predicted octanol–water partition coefficient (Wildman–Crippen LogP) is 0.168. The van der Waals surface area contributed by atoms with Crippen molar-refractivity contribution in [2.45, 2.75) is 31.0 Å². The summed E-state index contributed by atoms with van der Waals surface area (Å²) in [5.41, 5.74) is 2.47. The molecule has 0 saturated carbocycles. The summed E-state index contributed by atoms with van der Waals surface area (Å²) in [6, 6.07) is 6.11. The van der Waals surface area contributed by atoms with Crippen molar-refractivity contribution in [2.75, 3.05) is 6.61 Å². The van der Waals surface area contributed by atoms with Crippen molar-refractivity contribution >= 4 is 11.2 Å². The zero-order valence-electron chi connectivity index (χ0n) is 13.6. The molecular formula is C17H17FN4O4. The normalized spacial score (nSPS) is 25.8.